The number of ether oxygens (including phenoxy) is 1. The van der Waals surface area contributed by atoms with Gasteiger partial charge in [0.05, 0.1) is 0 Å². The zero-order valence-electron chi connectivity index (χ0n) is 7.75. The SMILES string of the molecule is N=C(N)NCCC[C@H](N)C(=O)OCF. The molecule has 6 nitrogen and oxygen atoms in total. The number of guanidine groups is 1. The lowest BCUT2D eigenvalue weighted by Crippen LogP contribution is -2.35. The van der Waals surface area contributed by atoms with Gasteiger partial charge >= 0.3 is 5.97 Å². The fourth-order valence-electron chi connectivity index (χ4n) is 0.824. The molecule has 0 aromatic rings. The van der Waals surface area contributed by atoms with E-state index in [0.717, 1.165) is 0 Å². The molecule has 1 atom stereocenters. The smallest absolute Gasteiger partial charge is 0.325 e. The molecule has 6 N–H and O–H groups in total. The van der Waals surface area contributed by atoms with Gasteiger partial charge in [-0.2, -0.15) is 0 Å². The predicted molar refractivity (Wildman–Crippen MR) is 49.2 cm³/mol. The van der Waals surface area contributed by atoms with Crippen LogP contribution in [0.2, 0.25) is 0 Å². The molecule has 14 heavy (non-hydrogen) atoms. The van der Waals surface area contributed by atoms with Gasteiger partial charge in [-0.1, -0.05) is 0 Å². The van der Waals surface area contributed by atoms with Crippen molar-refractivity contribution >= 4 is 11.9 Å². The number of alkyl halides is 1. The van der Waals surface area contributed by atoms with Crippen LogP contribution in [0.1, 0.15) is 12.8 Å². The Bertz CT molecular complexity index is 200. The van der Waals surface area contributed by atoms with Crippen LogP contribution < -0.4 is 16.8 Å². The number of carbonyl (C=O) groups is 1. The fourth-order valence-corrected chi connectivity index (χ4v) is 0.824. The van der Waals surface area contributed by atoms with Crippen molar-refractivity contribution < 1.29 is 13.9 Å². The Morgan fingerprint density at radius 1 is 1.64 bits per heavy atom. The maximum atomic E-state index is 11.5. The summed E-state index contributed by atoms with van der Waals surface area (Å²) in [6, 6.07) is -0.820. The van der Waals surface area contributed by atoms with Gasteiger partial charge in [-0.15, -0.1) is 0 Å². The number of rotatable bonds is 6. The standard InChI is InChI=1S/C7H15FN4O2/c8-4-14-6(13)5(9)2-1-3-12-7(10)11/h5H,1-4,9H2,(H4,10,11,12)/t5-/m0/s1. The molecule has 0 fully saturated rings. The zero-order chi connectivity index (χ0) is 11.0. The van der Waals surface area contributed by atoms with Crippen LogP contribution in [0.5, 0.6) is 0 Å². The minimum absolute atomic E-state index is 0.134. The molecule has 0 aliphatic carbocycles. The van der Waals surface area contributed by atoms with E-state index in [1.165, 1.54) is 0 Å². The van der Waals surface area contributed by atoms with Gasteiger partial charge in [0.15, 0.2) is 5.96 Å². The highest BCUT2D eigenvalue weighted by Gasteiger charge is 2.13. The van der Waals surface area contributed by atoms with Gasteiger partial charge in [-0.05, 0) is 12.8 Å². The van der Waals surface area contributed by atoms with E-state index in [0.29, 0.717) is 19.4 Å². The summed E-state index contributed by atoms with van der Waals surface area (Å²) in [4.78, 5) is 10.8. The number of carbonyl (C=O) groups excluding carboxylic acids is 1. The van der Waals surface area contributed by atoms with Crippen LogP contribution in [0.25, 0.3) is 0 Å². The van der Waals surface area contributed by atoms with Gasteiger partial charge in [-0.3, -0.25) is 10.2 Å². The lowest BCUT2D eigenvalue weighted by Gasteiger charge is -2.09. The van der Waals surface area contributed by atoms with E-state index < -0.39 is 18.9 Å². The summed E-state index contributed by atoms with van der Waals surface area (Å²) in [7, 11) is 0. The summed E-state index contributed by atoms with van der Waals surface area (Å²) >= 11 is 0. The summed E-state index contributed by atoms with van der Waals surface area (Å²) in [5, 5.41) is 9.38. The largest absolute Gasteiger partial charge is 0.433 e. The topological polar surface area (TPSA) is 114 Å². The minimum Gasteiger partial charge on any atom is -0.433 e. The van der Waals surface area contributed by atoms with Crippen molar-refractivity contribution in [3.63, 3.8) is 0 Å². The number of hydrogen-bond donors (Lipinski definition) is 4. The third-order valence-corrected chi connectivity index (χ3v) is 1.51. The first-order valence-corrected chi connectivity index (χ1v) is 4.14. The molecule has 82 valence electrons. The molecule has 0 radical (unpaired) electrons. The van der Waals surface area contributed by atoms with Gasteiger partial charge < -0.3 is 21.5 Å². The lowest BCUT2D eigenvalue weighted by molar-refractivity contribution is -0.149. The fraction of sp³-hybridized carbons (Fsp3) is 0.714. The molecule has 0 aliphatic rings. The number of esters is 1. The highest BCUT2D eigenvalue weighted by Crippen LogP contribution is 1.96. The molecule has 0 saturated carbocycles. The Labute approximate surface area is 81.3 Å². The molecule has 0 aromatic heterocycles. The Hall–Kier alpha value is -1.37. The maximum absolute atomic E-state index is 11.5. The van der Waals surface area contributed by atoms with E-state index >= 15 is 0 Å². The van der Waals surface area contributed by atoms with E-state index in [-0.39, 0.29) is 5.96 Å². The Morgan fingerprint density at radius 2 is 2.29 bits per heavy atom. The predicted octanol–water partition coefficient (Wildman–Crippen LogP) is -0.953. The molecule has 0 amide bonds. The van der Waals surface area contributed by atoms with Crippen molar-refractivity contribution in [3.8, 4) is 0 Å². The highest BCUT2D eigenvalue weighted by molar-refractivity contribution is 5.75. The average Bonchev–Trinajstić information content (AvgIpc) is 2.12. The van der Waals surface area contributed by atoms with Crippen molar-refractivity contribution in [2.24, 2.45) is 11.5 Å². The summed E-state index contributed by atoms with van der Waals surface area (Å²) < 4.78 is 15.6. The van der Waals surface area contributed by atoms with E-state index in [9.17, 15) is 9.18 Å². The maximum Gasteiger partial charge on any atom is 0.325 e. The second-order valence-electron chi connectivity index (χ2n) is 2.66. The molecule has 0 rings (SSSR count). The molecule has 0 heterocycles. The quantitative estimate of drug-likeness (QED) is 0.193. The van der Waals surface area contributed by atoms with Gasteiger partial charge in [0.25, 0.3) is 0 Å². The van der Waals surface area contributed by atoms with Crippen molar-refractivity contribution in [3.05, 3.63) is 0 Å². The summed E-state index contributed by atoms with van der Waals surface area (Å²) in [5.74, 6) is -0.889. The molecule has 0 saturated heterocycles. The molecular formula is C7H15FN4O2. The normalized spacial score (nSPS) is 11.9. The van der Waals surface area contributed by atoms with Crippen LogP contribution >= 0.6 is 0 Å². The zero-order valence-corrected chi connectivity index (χ0v) is 7.75. The molecule has 0 bridgehead atoms. The average molecular weight is 206 g/mol. The number of nitrogens with one attached hydrogen (secondary N) is 2. The highest BCUT2D eigenvalue weighted by atomic mass is 19.1. The van der Waals surface area contributed by atoms with Crippen molar-refractivity contribution in [1.82, 2.24) is 5.32 Å². The number of hydrogen-bond acceptors (Lipinski definition) is 4. The molecule has 0 aromatic carbocycles. The summed E-state index contributed by atoms with van der Waals surface area (Å²) in [6.45, 7) is -0.704. The molecule has 0 unspecified atom stereocenters. The van der Waals surface area contributed by atoms with Crippen molar-refractivity contribution in [2.45, 2.75) is 18.9 Å². The minimum atomic E-state index is -1.15. The third-order valence-electron chi connectivity index (χ3n) is 1.51. The Balaban J connectivity index is 3.48. The lowest BCUT2D eigenvalue weighted by atomic mass is 10.2. The van der Waals surface area contributed by atoms with E-state index in [1.54, 1.807) is 0 Å². The Morgan fingerprint density at radius 3 is 2.79 bits per heavy atom. The monoisotopic (exact) mass is 206 g/mol. The second kappa shape index (κ2) is 7.07. The van der Waals surface area contributed by atoms with Crippen molar-refractivity contribution in [1.29, 1.82) is 5.41 Å². The van der Waals surface area contributed by atoms with Crippen LogP contribution in [-0.4, -0.2) is 31.4 Å². The number of halogens is 1. The van der Waals surface area contributed by atoms with E-state index in [1.807, 2.05) is 0 Å². The van der Waals surface area contributed by atoms with Gasteiger partial charge in [-0.25, -0.2) is 4.39 Å². The van der Waals surface area contributed by atoms with Gasteiger partial charge in [0.2, 0.25) is 6.86 Å². The molecular weight excluding hydrogens is 191 g/mol. The first-order chi connectivity index (χ1) is 6.57. The van der Waals surface area contributed by atoms with Crippen LogP contribution in [0, 0.1) is 5.41 Å². The molecule has 7 heteroatoms. The third kappa shape index (κ3) is 6.18. The number of nitrogens with two attached hydrogens (primary N) is 2. The molecule has 0 aliphatic heterocycles. The Kier molecular flexibility index (Phi) is 6.38. The molecule has 0 spiro atoms. The van der Waals surface area contributed by atoms with Gasteiger partial charge in [0, 0.05) is 6.54 Å². The van der Waals surface area contributed by atoms with Crippen LogP contribution in [0.3, 0.4) is 0 Å². The second-order valence-corrected chi connectivity index (χ2v) is 2.66. The van der Waals surface area contributed by atoms with E-state index in [2.05, 4.69) is 10.1 Å². The van der Waals surface area contributed by atoms with E-state index in [4.69, 9.17) is 16.9 Å². The summed E-state index contributed by atoms with van der Waals surface area (Å²) in [6.07, 6.45) is 0.918. The van der Waals surface area contributed by atoms with Crippen LogP contribution in [-0.2, 0) is 9.53 Å². The first kappa shape index (κ1) is 12.6. The van der Waals surface area contributed by atoms with Crippen LogP contribution in [0.4, 0.5) is 4.39 Å². The van der Waals surface area contributed by atoms with Gasteiger partial charge in [0.1, 0.15) is 6.04 Å². The summed E-state index contributed by atoms with van der Waals surface area (Å²) in [5.41, 5.74) is 10.4. The van der Waals surface area contributed by atoms with Crippen molar-refractivity contribution in [2.75, 3.05) is 13.4 Å². The van der Waals surface area contributed by atoms with Crippen LogP contribution in [0.15, 0.2) is 0 Å². The first-order valence-electron chi connectivity index (χ1n) is 4.14.